The molecule has 1 aliphatic rings. The van der Waals surface area contributed by atoms with Crippen molar-refractivity contribution in [3.63, 3.8) is 0 Å². The van der Waals surface area contributed by atoms with Crippen LogP contribution in [0.15, 0.2) is 12.3 Å². The lowest BCUT2D eigenvalue weighted by atomic mass is 10.1. The summed E-state index contributed by atoms with van der Waals surface area (Å²) in [7, 11) is 1.82. The largest absolute Gasteiger partial charge is 0.376 e. The maximum absolute atomic E-state index is 13.6. The second-order valence-electron chi connectivity index (χ2n) is 4.33. The molecule has 1 aromatic rings. The van der Waals surface area contributed by atoms with Gasteiger partial charge in [-0.2, -0.15) is 0 Å². The van der Waals surface area contributed by atoms with E-state index < -0.39 is 5.82 Å². The topological polar surface area (TPSA) is 25.4 Å². The van der Waals surface area contributed by atoms with Crippen LogP contribution in [0.2, 0.25) is 5.02 Å². The van der Waals surface area contributed by atoms with Crippen LogP contribution >= 0.6 is 11.6 Å². The molecule has 1 saturated heterocycles. The zero-order chi connectivity index (χ0) is 12.3. The highest BCUT2D eigenvalue weighted by Gasteiger charge is 2.18. The third kappa shape index (κ3) is 3.30. The van der Waals surface area contributed by atoms with Crippen LogP contribution in [0.4, 0.5) is 10.2 Å². The Hall–Kier alpha value is -0.870. The van der Waals surface area contributed by atoms with E-state index in [1.54, 1.807) is 4.90 Å². The standard InChI is InChI=1S/C12H16ClFN2O/c1-16(8-10-4-2-3-5-17-10)12-11(14)6-9(13)7-15-12/h6-7,10H,2-5,8H2,1H3. The van der Waals surface area contributed by atoms with Gasteiger partial charge >= 0.3 is 0 Å². The van der Waals surface area contributed by atoms with Crippen LogP contribution in [0.3, 0.4) is 0 Å². The third-order valence-electron chi connectivity index (χ3n) is 2.90. The van der Waals surface area contributed by atoms with E-state index in [0.29, 0.717) is 17.4 Å². The molecular weight excluding hydrogens is 243 g/mol. The van der Waals surface area contributed by atoms with E-state index in [1.807, 2.05) is 7.05 Å². The molecule has 0 N–H and O–H groups in total. The van der Waals surface area contributed by atoms with Crippen LogP contribution in [0.5, 0.6) is 0 Å². The van der Waals surface area contributed by atoms with Gasteiger partial charge in [-0.15, -0.1) is 0 Å². The highest BCUT2D eigenvalue weighted by atomic mass is 35.5. The molecule has 5 heteroatoms. The molecule has 1 aliphatic heterocycles. The van der Waals surface area contributed by atoms with E-state index in [2.05, 4.69) is 4.98 Å². The van der Waals surface area contributed by atoms with E-state index >= 15 is 0 Å². The number of pyridine rings is 1. The molecule has 3 nitrogen and oxygen atoms in total. The Bertz CT molecular complexity index is 383. The number of halogens is 2. The minimum absolute atomic E-state index is 0.172. The first-order valence-corrected chi connectivity index (χ1v) is 6.18. The Morgan fingerprint density at radius 2 is 2.41 bits per heavy atom. The first kappa shape index (κ1) is 12.6. The number of likely N-dealkylation sites (N-methyl/N-ethyl adjacent to an activating group) is 1. The van der Waals surface area contributed by atoms with Crippen LogP contribution in [0.25, 0.3) is 0 Å². The molecule has 94 valence electrons. The van der Waals surface area contributed by atoms with Crippen molar-refractivity contribution in [3.8, 4) is 0 Å². The summed E-state index contributed by atoms with van der Waals surface area (Å²) in [5.74, 6) is -0.0700. The van der Waals surface area contributed by atoms with Gasteiger partial charge in [-0.25, -0.2) is 9.37 Å². The van der Waals surface area contributed by atoms with E-state index in [0.717, 1.165) is 19.4 Å². The van der Waals surface area contributed by atoms with Crippen molar-refractivity contribution in [1.82, 2.24) is 4.98 Å². The Kier molecular flexibility index (Phi) is 4.18. The van der Waals surface area contributed by atoms with Crippen LogP contribution < -0.4 is 4.90 Å². The number of hydrogen-bond acceptors (Lipinski definition) is 3. The van der Waals surface area contributed by atoms with Crippen molar-refractivity contribution in [3.05, 3.63) is 23.1 Å². The highest BCUT2D eigenvalue weighted by molar-refractivity contribution is 6.30. The second-order valence-corrected chi connectivity index (χ2v) is 4.76. The van der Waals surface area contributed by atoms with Gasteiger partial charge in [0.15, 0.2) is 11.6 Å². The highest BCUT2D eigenvalue weighted by Crippen LogP contribution is 2.20. The first-order chi connectivity index (χ1) is 8.16. The average Bonchev–Trinajstić information content (AvgIpc) is 2.30. The Labute approximate surface area is 106 Å². The summed E-state index contributed by atoms with van der Waals surface area (Å²) < 4.78 is 19.2. The summed E-state index contributed by atoms with van der Waals surface area (Å²) in [6, 6.07) is 1.28. The van der Waals surface area contributed by atoms with Crippen molar-refractivity contribution in [2.45, 2.75) is 25.4 Å². The second kappa shape index (κ2) is 5.65. The molecule has 0 aliphatic carbocycles. The van der Waals surface area contributed by atoms with Gasteiger partial charge < -0.3 is 9.64 Å². The van der Waals surface area contributed by atoms with Crippen LogP contribution in [-0.4, -0.2) is 31.3 Å². The summed E-state index contributed by atoms with van der Waals surface area (Å²) >= 11 is 5.67. The number of nitrogens with zero attached hydrogens (tertiary/aromatic N) is 2. The van der Waals surface area contributed by atoms with Crippen molar-refractivity contribution < 1.29 is 9.13 Å². The van der Waals surface area contributed by atoms with Crippen LogP contribution in [-0.2, 0) is 4.74 Å². The Morgan fingerprint density at radius 1 is 1.59 bits per heavy atom. The molecule has 0 amide bonds. The maximum atomic E-state index is 13.6. The number of ether oxygens (including phenoxy) is 1. The quantitative estimate of drug-likeness (QED) is 0.834. The zero-order valence-corrected chi connectivity index (χ0v) is 10.6. The number of rotatable bonds is 3. The molecule has 0 radical (unpaired) electrons. The van der Waals surface area contributed by atoms with Gasteiger partial charge in [0, 0.05) is 26.4 Å². The minimum Gasteiger partial charge on any atom is -0.376 e. The third-order valence-corrected chi connectivity index (χ3v) is 3.11. The lowest BCUT2D eigenvalue weighted by Crippen LogP contribution is -2.34. The maximum Gasteiger partial charge on any atom is 0.167 e. The molecule has 1 unspecified atom stereocenters. The molecule has 0 bridgehead atoms. The molecule has 0 aromatic carbocycles. The van der Waals surface area contributed by atoms with Crippen molar-refractivity contribution in [2.24, 2.45) is 0 Å². The summed E-state index contributed by atoms with van der Waals surface area (Å²) in [5.41, 5.74) is 0. The fourth-order valence-corrected chi connectivity index (χ4v) is 2.18. The predicted octanol–water partition coefficient (Wildman–Crippen LogP) is 2.88. The molecule has 1 fully saturated rings. The normalized spacial score (nSPS) is 20.3. The Morgan fingerprint density at radius 3 is 3.06 bits per heavy atom. The van der Waals surface area contributed by atoms with E-state index in [-0.39, 0.29) is 6.10 Å². The molecule has 1 aromatic heterocycles. The molecule has 0 spiro atoms. The summed E-state index contributed by atoms with van der Waals surface area (Å²) in [6.07, 6.45) is 4.95. The summed E-state index contributed by atoms with van der Waals surface area (Å²) in [4.78, 5) is 5.79. The smallest absolute Gasteiger partial charge is 0.167 e. The lowest BCUT2D eigenvalue weighted by Gasteiger charge is -2.28. The molecule has 1 atom stereocenters. The zero-order valence-electron chi connectivity index (χ0n) is 9.83. The number of hydrogen-bond donors (Lipinski definition) is 0. The van der Waals surface area contributed by atoms with E-state index in [9.17, 15) is 4.39 Å². The first-order valence-electron chi connectivity index (χ1n) is 5.80. The van der Waals surface area contributed by atoms with Crippen molar-refractivity contribution in [1.29, 1.82) is 0 Å². The summed E-state index contributed by atoms with van der Waals surface area (Å²) in [5, 5.41) is 0.313. The van der Waals surface area contributed by atoms with E-state index in [1.165, 1.54) is 18.7 Å². The molecule has 0 saturated carbocycles. The molecule has 2 heterocycles. The minimum atomic E-state index is -0.393. The van der Waals surface area contributed by atoms with Gasteiger partial charge in [0.05, 0.1) is 11.1 Å². The van der Waals surface area contributed by atoms with Crippen molar-refractivity contribution in [2.75, 3.05) is 25.1 Å². The average molecular weight is 259 g/mol. The van der Waals surface area contributed by atoms with Gasteiger partial charge in [-0.1, -0.05) is 11.6 Å². The molecule has 17 heavy (non-hydrogen) atoms. The predicted molar refractivity (Wildman–Crippen MR) is 66.1 cm³/mol. The Balaban J connectivity index is 2.00. The van der Waals surface area contributed by atoms with E-state index in [4.69, 9.17) is 16.3 Å². The number of aromatic nitrogens is 1. The lowest BCUT2D eigenvalue weighted by molar-refractivity contribution is 0.0215. The van der Waals surface area contributed by atoms with Gasteiger partial charge in [0.1, 0.15) is 0 Å². The number of anilines is 1. The SMILES string of the molecule is CN(CC1CCCCO1)c1ncc(Cl)cc1F. The van der Waals surface area contributed by atoms with Gasteiger partial charge in [0.25, 0.3) is 0 Å². The fourth-order valence-electron chi connectivity index (χ4n) is 2.03. The van der Waals surface area contributed by atoms with Gasteiger partial charge in [0.2, 0.25) is 0 Å². The molecule has 2 rings (SSSR count). The van der Waals surface area contributed by atoms with Crippen molar-refractivity contribution >= 4 is 17.4 Å². The van der Waals surface area contributed by atoms with Crippen LogP contribution in [0, 0.1) is 5.82 Å². The van der Waals surface area contributed by atoms with Gasteiger partial charge in [-0.3, -0.25) is 0 Å². The fraction of sp³-hybridized carbons (Fsp3) is 0.583. The van der Waals surface area contributed by atoms with Crippen LogP contribution in [0.1, 0.15) is 19.3 Å². The monoisotopic (exact) mass is 258 g/mol. The summed E-state index contributed by atoms with van der Waals surface area (Å²) in [6.45, 7) is 1.46. The molecular formula is C12H16ClFN2O. The van der Waals surface area contributed by atoms with Gasteiger partial charge in [-0.05, 0) is 25.3 Å².